The molecule has 222 valence electrons. The Hall–Kier alpha value is -2.42. The minimum atomic E-state index is -0.664. The zero-order chi connectivity index (χ0) is 30.0. The molecule has 1 aliphatic heterocycles. The molecule has 0 bridgehead atoms. The molecule has 3 saturated carbocycles. The van der Waals surface area contributed by atoms with Crippen LogP contribution in [0, 0.1) is 61.1 Å². The molecule has 0 aromatic heterocycles. The van der Waals surface area contributed by atoms with E-state index < -0.39 is 10.8 Å². The summed E-state index contributed by atoms with van der Waals surface area (Å²) >= 11 is 0. The van der Waals surface area contributed by atoms with Crippen LogP contribution in [-0.4, -0.2) is 42.3 Å². The first-order chi connectivity index (χ1) is 18.9. The molecule has 0 spiro atoms. The summed E-state index contributed by atoms with van der Waals surface area (Å²) in [5, 5.41) is 9.96. The SMILES string of the molecule is CC1(C)CC[C@]2(CN3CCOC3=O)CC[C@]3(C)[C@H](C(=O)C=C4[C@@]5(C)C=C(C#N)C(=O)C(C)(C)C5CC[C@]43C)[C@]2(C)C1. The van der Waals surface area contributed by atoms with E-state index >= 15 is 0 Å². The van der Waals surface area contributed by atoms with Crippen LogP contribution in [0.15, 0.2) is 23.3 Å². The monoisotopic (exact) mass is 560 g/mol. The number of carbonyl (C=O) groups is 3. The second kappa shape index (κ2) is 8.35. The van der Waals surface area contributed by atoms with Gasteiger partial charge >= 0.3 is 6.09 Å². The van der Waals surface area contributed by atoms with Crippen LogP contribution < -0.4 is 0 Å². The van der Waals surface area contributed by atoms with E-state index in [4.69, 9.17) is 4.74 Å². The minimum absolute atomic E-state index is 0.0416. The highest BCUT2D eigenvalue weighted by Crippen LogP contribution is 2.77. The van der Waals surface area contributed by atoms with E-state index in [1.54, 1.807) is 0 Å². The second-order valence-electron chi connectivity index (χ2n) is 16.8. The fraction of sp³-hybridized carbons (Fsp3) is 0.771. The first kappa shape index (κ1) is 28.7. The smallest absolute Gasteiger partial charge is 0.409 e. The summed E-state index contributed by atoms with van der Waals surface area (Å²) in [6.07, 6.45) is 10.5. The summed E-state index contributed by atoms with van der Waals surface area (Å²) in [5.74, 6) is 0.0166. The zero-order valence-electron chi connectivity index (χ0n) is 26.4. The van der Waals surface area contributed by atoms with Crippen molar-refractivity contribution < 1.29 is 19.1 Å². The maximum Gasteiger partial charge on any atom is 0.409 e. The van der Waals surface area contributed by atoms with Crippen LogP contribution in [-0.2, 0) is 14.3 Å². The van der Waals surface area contributed by atoms with Gasteiger partial charge in [0.15, 0.2) is 11.6 Å². The molecule has 41 heavy (non-hydrogen) atoms. The van der Waals surface area contributed by atoms with Gasteiger partial charge in [-0.15, -0.1) is 0 Å². The van der Waals surface area contributed by atoms with Gasteiger partial charge in [0.1, 0.15) is 12.7 Å². The fourth-order valence-corrected chi connectivity index (χ4v) is 11.8. The minimum Gasteiger partial charge on any atom is -0.448 e. The molecular formula is C35H48N2O4. The molecule has 6 aliphatic rings. The Morgan fingerprint density at radius 3 is 2.27 bits per heavy atom. The van der Waals surface area contributed by atoms with E-state index in [-0.39, 0.29) is 62.1 Å². The lowest BCUT2D eigenvalue weighted by Crippen LogP contribution is -2.69. The van der Waals surface area contributed by atoms with Crippen LogP contribution in [0.2, 0.25) is 0 Å². The maximum atomic E-state index is 14.8. The van der Waals surface area contributed by atoms with Crippen molar-refractivity contribution in [3.63, 3.8) is 0 Å². The summed E-state index contributed by atoms with van der Waals surface area (Å²) in [6, 6.07) is 2.20. The number of rotatable bonds is 2. The lowest BCUT2D eigenvalue weighted by molar-refractivity contribution is -0.209. The van der Waals surface area contributed by atoms with Crippen LogP contribution in [0.5, 0.6) is 0 Å². The van der Waals surface area contributed by atoms with Crippen molar-refractivity contribution in [1.82, 2.24) is 4.90 Å². The maximum absolute atomic E-state index is 14.8. The van der Waals surface area contributed by atoms with Crippen LogP contribution >= 0.6 is 0 Å². The predicted molar refractivity (Wildman–Crippen MR) is 156 cm³/mol. The second-order valence-corrected chi connectivity index (χ2v) is 16.8. The fourth-order valence-electron chi connectivity index (χ4n) is 11.8. The number of amides is 1. The van der Waals surface area contributed by atoms with Crippen molar-refractivity contribution in [3.05, 3.63) is 23.3 Å². The van der Waals surface area contributed by atoms with Gasteiger partial charge in [0.05, 0.1) is 12.1 Å². The van der Waals surface area contributed by atoms with E-state index in [0.717, 1.165) is 50.5 Å². The Labute approximate surface area is 245 Å². The van der Waals surface area contributed by atoms with Crippen LogP contribution in [0.3, 0.4) is 0 Å². The predicted octanol–water partition coefficient (Wildman–Crippen LogP) is 7.05. The van der Waals surface area contributed by atoms with Gasteiger partial charge < -0.3 is 9.64 Å². The number of ether oxygens (including phenoxy) is 1. The van der Waals surface area contributed by atoms with E-state index in [2.05, 4.69) is 47.6 Å². The Balaban J connectivity index is 1.52. The molecule has 4 fully saturated rings. The van der Waals surface area contributed by atoms with Crippen LogP contribution in [0.1, 0.15) is 100 Å². The summed E-state index contributed by atoms with van der Waals surface area (Å²) in [6.45, 7) is 19.7. The van der Waals surface area contributed by atoms with E-state index in [1.807, 2.05) is 30.9 Å². The Morgan fingerprint density at radius 2 is 1.63 bits per heavy atom. The van der Waals surface area contributed by atoms with E-state index in [1.165, 1.54) is 0 Å². The van der Waals surface area contributed by atoms with Crippen molar-refractivity contribution >= 4 is 17.7 Å². The van der Waals surface area contributed by atoms with Gasteiger partial charge in [-0.2, -0.15) is 5.26 Å². The number of nitriles is 1. The van der Waals surface area contributed by atoms with Crippen molar-refractivity contribution in [1.29, 1.82) is 5.26 Å². The highest BCUT2D eigenvalue weighted by molar-refractivity contribution is 6.04. The molecule has 0 aromatic carbocycles. The highest BCUT2D eigenvalue weighted by Gasteiger charge is 2.73. The van der Waals surface area contributed by atoms with Gasteiger partial charge in [0.25, 0.3) is 0 Å². The normalized spacial score (nSPS) is 46.2. The lowest BCUT2D eigenvalue weighted by Gasteiger charge is -2.72. The molecule has 0 N–H and O–H groups in total. The first-order valence-electron chi connectivity index (χ1n) is 15.8. The van der Waals surface area contributed by atoms with Gasteiger partial charge in [-0.05, 0) is 84.0 Å². The summed E-state index contributed by atoms with van der Waals surface area (Å²) in [7, 11) is 0. The van der Waals surface area contributed by atoms with Crippen LogP contribution in [0.4, 0.5) is 4.79 Å². The molecular weight excluding hydrogens is 512 g/mol. The Morgan fingerprint density at radius 1 is 0.951 bits per heavy atom. The number of Topliss-reactive ketones (excluding diaryl/α,β-unsaturated/α-hetero) is 1. The summed E-state index contributed by atoms with van der Waals surface area (Å²) in [5.41, 5.74) is -0.647. The largest absolute Gasteiger partial charge is 0.448 e. The Kier molecular flexibility index (Phi) is 5.85. The molecule has 6 rings (SSSR count). The number of cyclic esters (lactones) is 1. The molecule has 7 atom stereocenters. The van der Waals surface area contributed by atoms with Gasteiger partial charge in [-0.25, -0.2) is 4.79 Å². The molecule has 1 heterocycles. The van der Waals surface area contributed by atoms with E-state index in [0.29, 0.717) is 19.7 Å². The Bertz CT molecular complexity index is 1350. The van der Waals surface area contributed by atoms with Crippen LogP contribution in [0.25, 0.3) is 0 Å². The van der Waals surface area contributed by atoms with E-state index in [9.17, 15) is 19.6 Å². The molecule has 5 aliphatic carbocycles. The number of allylic oxidation sites excluding steroid dienone is 4. The molecule has 0 radical (unpaired) electrons. The average Bonchev–Trinajstić information content (AvgIpc) is 3.27. The number of nitrogens with zero attached hydrogens (tertiary/aromatic N) is 2. The van der Waals surface area contributed by atoms with Gasteiger partial charge in [0.2, 0.25) is 0 Å². The molecule has 1 amide bonds. The molecule has 6 nitrogen and oxygen atoms in total. The first-order valence-corrected chi connectivity index (χ1v) is 15.8. The molecule has 1 unspecified atom stereocenters. The lowest BCUT2D eigenvalue weighted by atomic mass is 9.31. The van der Waals surface area contributed by atoms with Gasteiger partial charge in [0, 0.05) is 23.3 Å². The van der Waals surface area contributed by atoms with Crippen molar-refractivity contribution in [2.75, 3.05) is 19.7 Å². The van der Waals surface area contributed by atoms with Crippen molar-refractivity contribution in [3.8, 4) is 6.07 Å². The molecule has 0 aromatic rings. The third-order valence-corrected chi connectivity index (χ3v) is 14.0. The molecule has 6 heteroatoms. The highest BCUT2D eigenvalue weighted by atomic mass is 16.6. The third kappa shape index (κ3) is 3.44. The van der Waals surface area contributed by atoms with Gasteiger partial charge in [-0.3, -0.25) is 9.59 Å². The van der Waals surface area contributed by atoms with Crippen molar-refractivity contribution in [2.24, 2.45) is 49.7 Å². The number of hydrogen-bond acceptors (Lipinski definition) is 5. The number of fused-ring (bicyclic) bond motifs is 7. The number of hydrogen-bond donors (Lipinski definition) is 0. The van der Waals surface area contributed by atoms with Crippen molar-refractivity contribution in [2.45, 2.75) is 100 Å². The topological polar surface area (TPSA) is 87.5 Å². The summed E-state index contributed by atoms with van der Waals surface area (Å²) < 4.78 is 5.35. The zero-order valence-corrected chi connectivity index (χ0v) is 26.4. The van der Waals surface area contributed by atoms with Gasteiger partial charge in [-0.1, -0.05) is 67.0 Å². The third-order valence-electron chi connectivity index (χ3n) is 14.0. The number of carbonyl (C=O) groups excluding carboxylic acids is 3. The quantitative estimate of drug-likeness (QED) is 0.361. The average molecular weight is 561 g/mol. The number of ketones is 2. The summed E-state index contributed by atoms with van der Waals surface area (Å²) in [4.78, 5) is 42.7. The molecule has 1 saturated heterocycles. The standard InChI is InChI=1S/C35H48N2O4/c1-29(2)11-13-35(21-37-15-16-41-28(37)40)14-12-33(7)26(34(35,8)20-29)23(38)17-25-31(5)18-22(19-36)27(39)30(3,4)24(31)9-10-32(25,33)6/h17-18,24,26H,9-16,20-21H2,1-8H3/t24?,26-,31-,32+,33+,34-,35+/m0/s1.